The van der Waals surface area contributed by atoms with Crippen molar-refractivity contribution in [1.29, 1.82) is 0 Å². The highest BCUT2D eigenvalue weighted by Crippen LogP contribution is 2.23. The number of hydrogen-bond donors (Lipinski definition) is 1. The van der Waals surface area contributed by atoms with E-state index in [4.69, 9.17) is 11.6 Å². The van der Waals surface area contributed by atoms with Gasteiger partial charge in [-0.25, -0.2) is 0 Å². The van der Waals surface area contributed by atoms with Gasteiger partial charge in [-0.05, 0) is 29.5 Å². The van der Waals surface area contributed by atoms with Crippen molar-refractivity contribution >= 4 is 11.6 Å². The van der Waals surface area contributed by atoms with Gasteiger partial charge in [0, 0.05) is 12.4 Å². The fourth-order valence-electron chi connectivity index (χ4n) is 2.35. The second kappa shape index (κ2) is 7.11. The Balaban J connectivity index is 2.06. The smallest absolute Gasteiger partial charge is 0.0545 e. The SMILES string of the molecule is CC(C)c1ccc(CNC(C)(CCl)c2ccccc2)cc1. The van der Waals surface area contributed by atoms with E-state index in [0.29, 0.717) is 11.8 Å². The van der Waals surface area contributed by atoms with E-state index in [1.54, 1.807) is 0 Å². The number of alkyl halides is 1. The molecule has 1 atom stereocenters. The maximum atomic E-state index is 6.21. The monoisotopic (exact) mass is 301 g/mol. The largest absolute Gasteiger partial charge is 0.303 e. The van der Waals surface area contributed by atoms with E-state index < -0.39 is 0 Å². The van der Waals surface area contributed by atoms with E-state index in [1.807, 2.05) is 6.07 Å². The summed E-state index contributed by atoms with van der Waals surface area (Å²) in [5.74, 6) is 1.12. The minimum Gasteiger partial charge on any atom is -0.303 e. The molecule has 2 heteroatoms. The Morgan fingerprint density at radius 1 is 1.00 bits per heavy atom. The summed E-state index contributed by atoms with van der Waals surface area (Å²) in [7, 11) is 0. The lowest BCUT2D eigenvalue weighted by Gasteiger charge is -2.29. The number of halogens is 1. The molecule has 0 aliphatic heterocycles. The molecule has 0 aromatic heterocycles. The summed E-state index contributed by atoms with van der Waals surface area (Å²) < 4.78 is 0. The van der Waals surface area contributed by atoms with Gasteiger partial charge >= 0.3 is 0 Å². The molecule has 0 aliphatic rings. The number of hydrogen-bond acceptors (Lipinski definition) is 1. The minimum atomic E-state index is -0.209. The minimum absolute atomic E-state index is 0.209. The Morgan fingerprint density at radius 2 is 1.62 bits per heavy atom. The van der Waals surface area contributed by atoms with E-state index in [-0.39, 0.29) is 5.54 Å². The first-order valence-corrected chi connectivity index (χ1v) is 8.04. The molecule has 2 aromatic carbocycles. The zero-order valence-corrected chi connectivity index (χ0v) is 13.8. The van der Waals surface area contributed by atoms with Crippen LogP contribution >= 0.6 is 11.6 Å². The normalized spacial score (nSPS) is 14.1. The number of rotatable bonds is 6. The van der Waals surface area contributed by atoms with Gasteiger partial charge < -0.3 is 5.32 Å². The van der Waals surface area contributed by atoms with Crippen molar-refractivity contribution in [3.05, 3.63) is 71.3 Å². The van der Waals surface area contributed by atoms with E-state index in [9.17, 15) is 0 Å². The molecular formula is C19H24ClN. The van der Waals surface area contributed by atoms with Crippen LogP contribution in [-0.4, -0.2) is 5.88 Å². The van der Waals surface area contributed by atoms with Crippen molar-refractivity contribution in [3.63, 3.8) is 0 Å². The number of nitrogens with one attached hydrogen (secondary N) is 1. The fourth-order valence-corrected chi connectivity index (χ4v) is 2.60. The van der Waals surface area contributed by atoms with Gasteiger partial charge in [0.05, 0.1) is 5.54 Å². The maximum Gasteiger partial charge on any atom is 0.0545 e. The van der Waals surface area contributed by atoms with Gasteiger partial charge in [0.25, 0.3) is 0 Å². The molecule has 2 rings (SSSR count). The zero-order valence-electron chi connectivity index (χ0n) is 13.1. The van der Waals surface area contributed by atoms with Crippen LogP contribution in [0.15, 0.2) is 54.6 Å². The zero-order chi connectivity index (χ0) is 15.3. The average Bonchev–Trinajstić information content (AvgIpc) is 2.54. The lowest BCUT2D eigenvalue weighted by molar-refractivity contribution is 0.407. The summed E-state index contributed by atoms with van der Waals surface area (Å²) in [6, 6.07) is 19.2. The molecule has 0 amide bonds. The molecule has 0 radical (unpaired) electrons. The van der Waals surface area contributed by atoms with E-state index in [0.717, 1.165) is 6.54 Å². The van der Waals surface area contributed by atoms with Crippen molar-refractivity contribution in [2.75, 3.05) is 5.88 Å². The van der Waals surface area contributed by atoms with Gasteiger partial charge in [0.15, 0.2) is 0 Å². The Bertz CT molecular complexity index is 548. The molecule has 2 aromatic rings. The van der Waals surface area contributed by atoms with E-state index in [1.165, 1.54) is 16.7 Å². The molecule has 0 bridgehead atoms. The molecule has 0 heterocycles. The summed E-state index contributed by atoms with van der Waals surface area (Å²) in [5, 5.41) is 3.60. The fraction of sp³-hybridized carbons (Fsp3) is 0.368. The second-order valence-corrected chi connectivity index (χ2v) is 6.35. The van der Waals surface area contributed by atoms with Crippen LogP contribution in [0.5, 0.6) is 0 Å². The second-order valence-electron chi connectivity index (χ2n) is 6.08. The summed E-state index contributed by atoms with van der Waals surface area (Å²) in [4.78, 5) is 0. The Labute approximate surface area is 133 Å². The van der Waals surface area contributed by atoms with Gasteiger partial charge in [-0.1, -0.05) is 68.4 Å². The molecule has 0 aliphatic carbocycles. The van der Waals surface area contributed by atoms with Crippen molar-refractivity contribution in [1.82, 2.24) is 5.32 Å². The van der Waals surface area contributed by atoms with E-state index in [2.05, 4.69) is 74.6 Å². The van der Waals surface area contributed by atoms with Crippen LogP contribution in [0.2, 0.25) is 0 Å². The van der Waals surface area contributed by atoms with Gasteiger partial charge in [0.1, 0.15) is 0 Å². The summed E-state index contributed by atoms with van der Waals surface area (Å²) in [6.45, 7) is 7.40. The third-order valence-corrected chi connectivity index (χ3v) is 4.54. The van der Waals surface area contributed by atoms with Gasteiger partial charge in [-0.2, -0.15) is 0 Å². The van der Waals surface area contributed by atoms with Gasteiger partial charge in [-0.3, -0.25) is 0 Å². The molecule has 1 nitrogen and oxygen atoms in total. The molecular weight excluding hydrogens is 278 g/mol. The van der Waals surface area contributed by atoms with Crippen LogP contribution in [0, 0.1) is 0 Å². The molecule has 21 heavy (non-hydrogen) atoms. The first-order chi connectivity index (χ1) is 10.0. The van der Waals surface area contributed by atoms with Crippen LogP contribution in [0.25, 0.3) is 0 Å². The predicted octanol–water partition coefficient (Wildman–Crippen LogP) is 5.05. The van der Waals surface area contributed by atoms with Crippen molar-refractivity contribution < 1.29 is 0 Å². The van der Waals surface area contributed by atoms with Crippen LogP contribution in [0.4, 0.5) is 0 Å². The van der Waals surface area contributed by atoms with Crippen LogP contribution in [0.1, 0.15) is 43.4 Å². The Hall–Kier alpha value is -1.31. The highest BCUT2D eigenvalue weighted by molar-refractivity contribution is 6.18. The maximum absolute atomic E-state index is 6.21. The van der Waals surface area contributed by atoms with Crippen LogP contribution < -0.4 is 5.32 Å². The van der Waals surface area contributed by atoms with E-state index >= 15 is 0 Å². The van der Waals surface area contributed by atoms with Gasteiger partial charge in [-0.15, -0.1) is 11.6 Å². The highest BCUT2D eigenvalue weighted by atomic mass is 35.5. The van der Waals surface area contributed by atoms with Crippen molar-refractivity contribution in [3.8, 4) is 0 Å². The molecule has 0 saturated carbocycles. The van der Waals surface area contributed by atoms with Crippen LogP contribution in [0.3, 0.4) is 0 Å². The molecule has 0 spiro atoms. The standard InChI is InChI=1S/C19H24ClN/c1-15(2)17-11-9-16(10-12-17)13-21-19(3,14-20)18-7-5-4-6-8-18/h4-12,15,21H,13-14H2,1-3H3. The summed E-state index contributed by atoms with van der Waals surface area (Å²) >= 11 is 6.21. The first kappa shape index (κ1) is 16.1. The third-order valence-electron chi connectivity index (χ3n) is 4.01. The third kappa shape index (κ3) is 4.09. The molecule has 112 valence electrons. The molecule has 0 saturated heterocycles. The van der Waals surface area contributed by atoms with Crippen molar-refractivity contribution in [2.24, 2.45) is 0 Å². The topological polar surface area (TPSA) is 12.0 Å². The Morgan fingerprint density at radius 3 is 2.14 bits per heavy atom. The quantitative estimate of drug-likeness (QED) is 0.736. The van der Waals surface area contributed by atoms with Gasteiger partial charge in [0.2, 0.25) is 0 Å². The number of benzene rings is 2. The summed E-state index contributed by atoms with van der Waals surface area (Å²) in [6.07, 6.45) is 0. The lowest BCUT2D eigenvalue weighted by atomic mass is 9.93. The lowest BCUT2D eigenvalue weighted by Crippen LogP contribution is -2.40. The predicted molar refractivity (Wildman–Crippen MR) is 91.9 cm³/mol. The average molecular weight is 302 g/mol. The summed E-state index contributed by atoms with van der Waals surface area (Å²) in [5.41, 5.74) is 3.67. The first-order valence-electron chi connectivity index (χ1n) is 7.50. The molecule has 0 fully saturated rings. The molecule has 1 N–H and O–H groups in total. The Kier molecular flexibility index (Phi) is 5.44. The highest BCUT2D eigenvalue weighted by Gasteiger charge is 2.24. The molecule has 1 unspecified atom stereocenters. The van der Waals surface area contributed by atoms with Crippen molar-refractivity contribution in [2.45, 2.75) is 38.8 Å². The van der Waals surface area contributed by atoms with Crippen LogP contribution in [-0.2, 0) is 12.1 Å².